The molecule has 3 aliphatic rings. The minimum atomic E-state index is -0.712. The first-order valence-electron chi connectivity index (χ1n) is 9.23. The molecule has 1 heterocycles. The number of hydrogen-bond acceptors (Lipinski definition) is 4. The molecule has 0 bridgehead atoms. The maximum atomic E-state index is 12.7. The van der Waals surface area contributed by atoms with Crippen LogP contribution >= 0.6 is 0 Å². The highest BCUT2D eigenvalue weighted by atomic mass is 16.5. The van der Waals surface area contributed by atoms with Gasteiger partial charge in [0, 0.05) is 24.4 Å². The Bertz CT molecular complexity index is 710. The molecule has 2 unspecified atom stereocenters. The number of carbonyl (C=O) groups excluding carboxylic acids is 2. The molecule has 0 aromatic heterocycles. The van der Waals surface area contributed by atoms with Crippen molar-refractivity contribution in [2.45, 2.75) is 57.1 Å². The number of amides is 1. The summed E-state index contributed by atoms with van der Waals surface area (Å²) < 4.78 is 4.80. The maximum Gasteiger partial charge on any atom is 0.337 e. The van der Waals surface area contributed by atoms with Gasteiger partial charge in [-0.1, -0.05) is 18.9 Å². The lowest BCUT2D eigenvalue weighted by molar-refractivity contribution is -0.129. The van der Waals surface area contributed by atoms with Gasteiger partial charge in [-0.3, -0.25) is 4.79 Å². The third kappa shape index (κ3) is 2.65. The first-order chi connectivity index (χ1) is 12.0. The van der Waals surface area contributed by atoms with Gasteiger partial charge in [0.1, 0.15) is 0 Å². The molecule has 134 valence electrons. The SMILES string of the molecule is COC(=O)c1ccc2c(c1)C(O)C1(CC2)CC(=O)N(C2CCCC2)C1. The molecule has 1 aromatic carbocycles. The summed E-state index contributed by atoms with van der Waals surface area (Å²) in [6.07, 6.45) is 5.89. The molecule has 5 heteroatoms. The fraction of sp³-hybridized carbons (Fsp3) is 0.600. The number of rotatable bonds is 2. The van der Waals surface area contributed by atoms with E-state index in [0.29, 0.717) is 24.6 Å². The summed E-state index contributed by atoms with van der Waals surface area (Å²) in [6.45, 7) is 0.638. The zero-order valence-electron chi connectivity index (χ0n) is 14.7. The summed E-state index contributed by atoms with van der Waals surface area (Å²) >= 11 is 0. The number of carbonyl (C=O) groups is 2. The zero-order valence-corrected chi connectivity index (χ0v) is 14.7. The quantitative estimate of drug-likeness (QED) is 0.838. The van der Waals surface area contributed by atoms with Crippen molar-refractivity contribution >= 4 is 11.9 Å². The van der Waals surface area contributed by atoms with Crippen molar-refractivity contribution in [3.63, 3.8) is 0 Å². The average molecular weight is 343 g/mol. The highest BCUT2D eigenvalue weighted by molar-refractivity contribution is 5.89. The van der Waals surface area contributed by atoms with Crippen LogP contribution in [0.15, 0.2) is 18.2 Å². The summed E-state index contributed by atoms with van der Waals surface area (Å²) in [6, 6.07) is 5.75. The van der Waals surface area contributed by atoms with Gasteiger partial charge in [0.05, 0.1) is 18.8 Å². The lowest BCUT2D eigenvalue weighted by atomic mass is 9.68. The molecule has 1 saturated heterocycles. The first kappa shape index (κ1) is 16.6. The van der Waals surface area contributed by atoms with Crippen LogP contribution in [0.1, 0.15) is 66.1 Å². The molecule has 5 nitrogen and oxygen atoms in total. The van der Waals surface area contributed by atoms with Gasteiger partial charge >= 0.3 is 5.97 Å². The Hall–Kier alpha value is -1.88. The van der Waals surface area contributed by atoms with E-state index in [1.165, 1.54) is 20.0 Å². The predicted octanol–water partition coefficient (Wildman–Crippen LogP) is 2.61. The number of likely N-dealkylation sites (tertiary alicyclic amines) is 1. The fourth-order valence-corrected chi connectivity index (χ4v) is 4.96. The lowest BCUT2D eigenvalue weighted by Gasteiger charge is -2.39. The van der Waals surface area contributed by atoms with Crippen LogP contribution in [0.4, 0.5) is 0 Å². The van der Waals surface area contributed by atoms with Crippen LogP contribution in [-0.2, 0) is 16.0 Å². The van der Waals surface area contributed by atoms with Gasteiger partial charge in [-0.2, -0.15) is 0 Å². The normalized spacial score (nSPS) is 29.3. The molecule has 2 fully saturated rings. The average Bonchev–Trinajstić information content (AvgIpc) is 3.26. The van der Waals surface area contributed by atoms with E-state index in [-0.39, 0.29) is 5.91 Å². The predicted molar refractivity (Wildman–Crippen MR) is 92.1 cm³/mol. The molecule has 1 N–H and O–H groups in total. The number of aryl methyl sites for hydroxylation is 1. The van der Waals surface area contributed by atoms with Crippen LogP contribution in [0.25, 0.3) is 0 Å². The fourth-order valence-electron chi connectivity index (χ4n) is 4.96. The number of nitrogens with zero attached hydrogens (tertiary/aromatic N) is 1. The molecule has 0 radical (unpaired) electrons. The summed E-state index contributed by atoms with van der Waals surface area (Å²) in [5.41, 5.74) is 1.89. The van der Waals surface area contributed by atoms with Crippen molar-refractivity contribution in [2.24, 2.45) is 5.41 Å². The highest BCUT2D eigenvalue weighted by Gasteiger charge is 2.52. The van der Waals surface area contributed by atoms with Crippen LogP contribution in [0.5, 0.6) is 0 Å². The van der Waals surface area contributed by atoms with E-state index in [1.807, 2.05) is 11.0 Å². The molecule has 25 heavy (non-hydrogen) atoms. The molecule has 1 aromatic rings. The zero-order chi connectivity index (χ0) is 17.6. The number of methoxy groups -OCH3 is 1. The molecule has 2 atom stereocenters. The molecule has 1 spiro atoms. The Kier molecular flexibility index (Phi) is 4.07. The number of aliphatic hydroxyl groups is 1. The monoisotopic (exact) mass is 343 g/mol. The van der Waals surface area contributed by atoms with E-state index in [1.54, 1.807) is 12.1 Å². The van der Waals surface area contributed by atoms with E-state index < -0.39 is 17.5 Å². The number of aliphatic hydroxyl groups excluding tert-OH is 1. The third-order valence-corrected chi connectivity index (χ3v) is 6.41. The van der Waals surface area contributed by atoms with Crippen LogP contribution in [0, 0.1) is 5.41 Å². The minimum absolute atomic E-state index is 0.179. The molecule has 4 rings (SSSR count). The van der Waals surface area contributed by atoms with Crippen molar-refractivity contribution in [1.29, 1.82) is 0 Å². The maximum absolute atomic E-state index is 12.7. The van der Waals surface area contributed by atoms with Gasteiger partial charge in [-0.25, -0.2) is 4.79 Å². The molecule has 2 aliphatic carbocycles. The Balaban J connectivity index is 1.63. The van der Waals surface area contributed by atoms with E-state index in [0.717, 1.165) is 36.8 Å². The number of fused-ring (bicyclic) bond motifs is 1. The number of benzene rings is 1. The molecule has 1 aliphatic heterocycles. The lowest BCUT2D eigenvalue weighted by Crippen LogP contribution is -2.40. The minimum Gasteiger partial charge on any atom is -0.465 e. The van der Waals surface area contributed by atoms with E-state index in [9.17, 15) is 14.7 Å². The van der Waals surface area contributed by atoms with Crippen molar-refractivity contribution in [2.75, 3.05) is 13.7 Å². The van der Waals surface area contributed by atoms with Crippen molar-refractivity contribution in [3.8, 4) is 0 Å². The summed E-state index contributed by atoms with van der Waals surface area (Å²) in [7, 11) is 1.36. The standard InChI is InChI=1S/C20H25NO4/c1-25-19(24)14-7-6-13-8-9-20(18(23)16(13)10-14)11-17(22)21(12-20)15-4-2-3-5-15/h6-7,10,15,18,23H,2-5,8-9,11-12H2,1H3. The van der Waals surface area contributed by atoms with E-state index >= 15 is 0 Å². The summed E-state index contributed by atoms with van der Waals surface area (Å²) in [5.74, 6) is -0.219. The Labute approximate surface area is 148 Å². The number of ether oxygens (including phenoxy) is 1. The second-order valence-electron chi connectivity index (χ2n) is 7.81. The second kappa shape index (κ2) is 6.13. The van der Waals surface area contributed by atoms with Crippen molar-refractivity contribution < 1.29 is 19.4 Å². The van der Waals surface area contributed by atoms with Crippen molar-refractivity contribution in [1.82, 2.24) is 4.90 Å². The summed E-state index contributed by atoms with van der Waals surface area (Å²) in [5, 5.41) is 11.1. The summed E-state index contributed by atoms with van der Waals surface area (Å²) in [4.78, 5) is 26.5. The van der Waals surface area contributed by atoms with Crippen LogP contribution < -0.4 is 0 Å². The van der Waals surface area contributed by atoms with Crippen LogP contribution in [0.3, 0.4) is 0 Å². The molecule has 1 saturated carbocycles. The van der Waals surface area contributed by atoms with Gasteiger partial charge in [0.2, 0.25) is 5.91 Å². The third-order valence-electron chi connectivity index (χ3n) is 6.41. The van der Waals surface area contributed by atoms with Crippen molar-refractivity contribution in [3.05, 3.63) is 34.9 Å². The topological polar surface area (TPSA) is 66.8 Å². The van der Waals surface area contributed by atoms with Gasteiger partial charge < -0.3 is 14.7 Å². The molecular weight excluding hydrogens is 318 g/mol. The van der Waals surface area contributed by atoms with Crippen LogP contribution in [0.2, 0.25) is 0 Å². The molecule has 1 amide bonds. The Morgan fingerprint density at radius 2 is 2.08 bits per heavy atom. The first-order valence-corrected chi connectivity index (χ1v) is 9.23. The van der Waals surface area contributed by atoms with E-state index in [2.05, 4.69) is 0 Å². The largest absolute Gasteiger partial charge is 0.465 e. The van der Waals surface area contributed by atoms with Gasteiger partial charge in [-0.05, 0) is 48.9 Å². The smallest absolute Gasteiger partial charge is 0.337 e. The highest BCUT2D eigenvalue weighted by Crippen LogP contribution is 2.51. The van der Waals surface area contributed by atoms with Gasteiger partial charge in [0.25, 0.3) is 0 Å². The Morgan fingerprint density at radius 3 is 2.80 bits per heavy atom. The Morgan fingerprint density at radius 1 is 1.32 bits per heavy atom. The van der Waals surface area contributed by atoms with Gasteiger partial charge in [-0.15, -0.1) is 0 Å². The molecular formula is C20H25NO4. The second-order valence-corrected chi connectivity index (χ2v) is 7.81. The number of hydrogen-bond donors (Lipinski definition) is 1. The van der Waals surface area contributed by atoms with E-state index in [4.69, 9.17) is 4.74 Å². The van der Waals surface area contributed by atoms with Gasteiger partial charge in [0.15, 0.2) is 0 Å². The number of esters is 1. The van der Waals surface area contributed by atoms with Crippen LogP contribution in [-0.4, -0.2) is 41.6 Å².